The highest BCUT2D eigenvalue weighted by Gasteiger charge is 2.39. The van der Waals surface area contributed by atoms with Gasteiger partial charge in [-0.3, -0.25) is 0 Å². The van der Waals surface area contributed by atoms with Gasteiger partial charge in [-0.1, -0.05) is 179 Å². The van der Waals surface area contributed by atoms with Crippen LogP contribution in [0, 0.1) is 0 Å². The molecule has 0 heterocycles. The van der Waals surface area contributed by atoms with E-state index in [1.807, 2.05) is 0 Å². The zero-order valence-electron chi connectivity index (χ0n) is 31.6. The van der Waals surface area contributed by atoms with Crippen LogP contribution in [0.4, 0.5) is 0 Å². The molecule has 0 saturated carbocycles. The number of aliphatic hydroxyl groups is 1. The minimum atomic E-state index is -1.34. The Balaban J connectivity index is 2.57. The average Bonchev–Trinajstić information content (AvgIpc) is 2.84. The first kappa shape index (κ1) is 36.1. The highest BCUT2D eigenvalue weighted by molar-refractivity contribution is 5.56. The Morgan fingerprint density at radius 1 is 0.295 bits per heavy atom. The molecule has 0 unspecified atom stereocenters. The molecule has 1 N–H and O–H groups in total. The van der Waals surface area contributed by atoms with Crippen LogP contribution in [-0.2, 0) is 38.1 Å². The predicted octanol–water partition coefficient (Wildman–Crippen LogP) is 11.8. The lowest BCUT2D eigenvalue weighted by molar-refractivity contribution is 0.125. The summed E-state index contributed by atoms with van der Waals surface area (Å²) in [6, 6.07) is 20.2. The molecule has 1 heteroatoms. The molecule has 44 heavy (non-hydrogen) atoms. The van der Waals surface area contributed by atoms with E-state index in [4.69, 9.17) is 0 Å². The van der Waals surface area contributed by atoms with Gasteiger partial charge in [-0.25, -0.2) is 0 Å². The number of rotatable bonds is 3. The molecule has 3 rings (SSSR count). The van der Waals surface area contributed by atoms with Gasteiger partial charge in [-0.15, -0.1) is 0 Å². The van der Waals surface area contributed by atoms with Crippen LogP contribution in [-0.4, -0.2) is 5.11 Å². The summed E-state index contributed by atoms with van der Waals surface area (Å²) in [6.07, 6.45) is 0. The van der Waals surface area contributed by atoms with Gasteiger partial charge in [0.15, 0.2) is 0 Å². The van der Waals surface area contributed by atoms with E-state index in [1.54, 1.807) is 0 Å². The molecule has 0 saturated heterocycles. The van der Waals surface area contributed by atoms with Crippen LogP contribution in [0.15, 0.2) is 54.6 Å². The van der Waals surface area contributed by atoms with E-state index in [1.165, 1.54) is 33.4 Å². The van der Waals surface area contributed by atoms with E-state index in [9.17, 15) is 5.11 Å². The monoisotopic (exact) mass is 596 g/mol. The molecule has 242 valence electrons. The van der Waals surface area contributed by atoms with E-state index >= 15 is 0 Å². The number of hydrogen-bond acceptors (Lipinski definition) is 1. The van der Waals surface area contributed by atoms with Crippen molar-refractivity contribution < 1.29 is 5.11 Å². The predicted molar refractivity (Wildman–Crippen MR) is 194 cm³/mol. The Kier molecular flexibility index (Phi) is 9.15. The molecule has 0 spiro atoms. The maximum atomic E-state index is 13.5. The van der Waals surface area contributed by atoms with Crippen LogP contribution in [0.1, 0.15) is 175 Å². The van der Waals surface area contributed by atoms with Gasteiger partial charge in [0.05, 0.1) is 0 Å². The van der Waals surface area contributed by atoms with E-state index < -0.39 is 5.60 Å². The zero-order chi connectivity index (χ0) is 34.1. The molecule has 0 bridgehead atoms. The highest BCUT2D eigenvalue weighted by atomic mass is 16.3. The van der Waals surface area contributed by atoms with Crippen LogP contribution in [0.3, 0.4) is 0 Å². The third-order valence-corrected chi connectivity index (χ3v) is 9.16. The minimum absolute atomic E-state index is 0.0131. The maximum Gasteiger partial charge on any atom is 0.140 e. The fraction of sp³-hybridized carbons (Fsp3) is 0.581. The van der Waals surface area contributed by atoms with Crippen molar-refractivity contribution >= 4 is 0 Å². The van der Waals surface area contributed by atoms with E-state index in [-0.39, 0.29) is 32.5 Å². The van der Waals surface area contributed by atoms with Gasteiger partial charge in [-0.2, -0.15) is 0 Å². The van der Waals surface area contributed by atoms with Gasteiger partial charge in [0.1, 0.15) is 5.60 Å². The summed E-state index contributed by atoms with van der Waals surface area (Å²) in [4.78, 5) is 0. The smallest absolute Gasteiger partial charge is 0.140 e. The van der Waals surface area contributed by atoms with Gasteiger partial charge < -0.3 is 5.11 Å². The van der Waals surface area contributed by atoms with Crippen molar-refractivity contribution in [1.29, 1.82) is 0 Å². The van der Waals surface area contributed by atoms with Crippen LogP contribution < -0.4 is 0 Å². The first-order valence-electron chi connectivity index (χ1n) is 16.7. The van der Waals surface area contributed by atoms with Crippen molar-refractivity contribution in [3.63, 3.8) is 0 Å². The lowest BCUT2D eigenvalue weighted by Gasteiger charge is -2.38. The third-order valence-electron chi connectivity index (χ3n) is 9.16. The molecular formula is C43H64O. The fourth-order valence-corrected chi connectivity index (χ4v) is 6.63. The number of hydrogen-bond donors (Lipinski definition) is 1. The number of benzene rings is 3. The standard InChI is InChI=1S/C43H64O/c1-37(2,3)31-22-19-28(25-34(31)40(10,11)12)43(44,29-20-23-32(38(4,5)6)35(26-29)41(13,14)15)30-21-24-33(39(7,8)9)36(27-30)42(16,17)18/h19-27,44H,1-18H3. The third kappa shape index (κ3) is 7.20. The highest BCUT2D eigenvalue weighted by Crippen LogP contribution is 2.46. The molecule has 0 aliphatic heterocycles. The second kappa shape index (κ2) is 11.2. The molecule has 0 radical (unpaired) electrons. The second-order valence-electron chi connectivity index (χ2n) is 19.5. The molecule has 3 aromatic rings. The van der Waals surface area contributed by atoms with Gasteiger partial charge in [0.2, 0.25) is 0 Å². The summed E-state index contributed by atoms with van der Waals surface area (Å²) in [5.74, 6) is 0. The largest absolute Gasteiger partial charge is 0.376 e. The first-order valence-corrected chi connectivity index (χ1v) is 16.7. The Labute approximate surface area is 271 Å². The van der Waals surface area contributed by atoms with Crippen LogP contribution in [0.5, 0.6) is 0 Å². The van der Waals surface area contributed by atoms with Crippen LogP contribution >= 0.6 is 0 Å². The van der Waals surface area contributed by atoms with E-state index in [2.05, 4.69) is 179 Å². The lowest BCUT2D eigenvalue weighted by atomic mass is 9.68. The first-order chi connectivity index (χ1) is 19.5. The summed E-state index contributed by atoms with van der Waals surface area (Å²) in [7, 11) is 0. The summed E-state index contributed by atoms with van der Waals surface area (Å²) < 4.78 is 0. The summed E-state index contributed by atoms with van der Waals surface area (Å²) in [5, 5.41) is 13.5. The van der Waals surface area contributed by atoms with E-state index in [0.717, 1.165) is 16.7 Å². The molecule has 1 nitrogen and oxygen atoms in total. The molecule has 0 fully saturated rings. The van der Waals surface area contributed by atoms with Crippen molar-refractivity contribution in [2.45, 2.75) is 163 Å². The van der Waals surface area contributed by atoms with Gasteiger partial charge in [0.25, 0.3) is 0 Å². The van der Waals surface area contributed by atoms with Crippen molar-refractivity contribution in [1.82, 2.24) is 0 Å². The Hall–Kier alpha value is -2.38. The van der Waals surface area contributed by atoms with Crippen LogP contribution in [0.25, 0.3) is 0 Å². The van der Waals surface area contributed by atoms with E-state index in [0.29, 0.717) is 0 Å². The quantitative estimate of drug-likeness (QED) is 0.298. The van der Waals surface area contributed by atoms with Crippen molar-refractivity contribution in [2.24, 2.45) is 0 Å². The zero-order valence-corrected chi connectivity index (χ0v) is 31.6. The molecule has 0 amide bonds. The minimum Gasteiger partial charge on any atom is -0.376 e. The van der Waals surface area contributed by atoms with Crippen molar-refractivity contribution in [3.8, 4) is 0 Å². The topological polar surface area (TPSA) is 20.2 Å². The lowest BCUT2D eigenvalue weighted by Crippen LogP contribution is -2.33. The van der Waals surface area contributed by atoms with Crippen molar-refractivity contribution in [3.05, 3.63) is 105 Å². The Morgan fingerprint density at radius 3 is 0.636 bits per heavy atom. The molecular weight excluding hydrogens is 532 g/mol. The maximum absolute atomic E-state index is 13.5. The second-order valence-corrected chi connectivity index (χ2v) is 19.5. The molecule has 0 atom stereocenters. The van der Waals surface area contributed by atoms with Gasteiger partial charge in [-0.05, 0) is 82.6 Å². The van der Waals surface area contributed by atoms with Gasteiger partial charge in [0, 0.05) is 0 Å². The molecule has 0 aromatic heterocycles. The normalized spacial score (nSPS) is 14.2. The Morgan fingerprint density at radius 2 is 0.477 bits per heavy atom. The molecule has 3 aromatic carbocycles. The summed E-state index contributed by atoms with van der Waals surface area (Å²) in [5.41, 5.74) is 8.95. The average molecular weight is 597 g/mol. The fourth-order valence-electron chi connectivity index (χ4n) is 6.63. The van der Waals surface area contributed by atoms with Crippen LogP contribution in [0.2, 0.25) is 0 Å². The summed E-state index contributed by atoms with van der Waals surface area (Å²) >= 11 is 0. The van der Waals surface area contributed by atoms with Crippen molar-refractivity contribution in [2.75, 3.05) is 0 Å². The summed E-state index contributed by atoms with van der Waals surface area (Å²) in [6.45, 7) is 41.1. The molecule has 0 aliphatic carbocycles. The molecule has 0 aliphatic rings. The van der Waals surface area contributed by atoms with Gasteiger partial charge >= 0.3 is 0 Å². The SMILES string of the molecule is CC(C)(C)c1ccc(C(O)(c2ccc(C(C)(C)C)c(C(C)(C)C)c2)c2ccc(C(C)(C)C)c(C(C)(C)C)c2)cc1C(C)(C)C. The Bertz CT molecular complexity index is 1310.